The number of benzene rings is 1. The number of hydrogen-bond donors (Lipinski definition) is 1. The van der Waals surface area contributed by atoms with Crippen molar-refractivity contribution in [2.75, 3.05) is 19.8 Å². The Balaban J connectivity index is 1.79. The zero-order valence-corrected chi connectivity index (χ0v) is 16.7. The van der Waals surface area contributed by atoms with Crippen molar-refractivity contribution in [1.29, 1.82) is 0 Å². The number of ether oxygens (including phenoxy) is 1. The van der Waals surface area contributed by atoms with Crippen LogP contribution in [0.25, 0.3) is 5.69 Å². The molecule has 1 heterocycles. The molecule has 1 saturated carbocycles. The summed E-state index contributed by atoms with van der Waals surface area (Å²) in [5, 5.41) is 22.9. The molecule has 1 aromatic carbocycles. The summed E-state index contributed by atoms with van der Waals surface area (Å²) in [6.07, 6.45) is 0.160. The van der Waals surface area contributed by atoms with Gasteiger partial charge in [0.25, 0.3) is 12.3 Å². The lowest BCUT2D eigenvalue weighted by Crippen LogP contribution is -2.27. The van der Waals surface area contributed by atoms with Crippen LogP contribution in [0, 0.1) is 0 Å². The highest BCUT2D eigenvalue weighted by atomic mass is 19.3. The molecule has 1 aromatic heterocycles. The van der Waals surface area contributed by atoms with Crippen LogP contribution < -0.4 is 10.4 Å². The van der Waals surface area contributed by atoms with Crippen LogP contribution in [0.1, 0.15) is 47.9 Å². The van der Waals surface area contributed by atoms with E-state index in [0.717, 1.165) is 12.8 Å². The molecule has 1 fully saturated rings. The Hall–Kier alpha value is -2.88. The smallest absolute Gasteiger partial charge is 0.273 e. The minimum atomic E-state index is -2.52. The maximum Gasteiger partial charge on any atom is 0.273 e. The molecule has 0 aliphatic heterocycles. The number of hydrogen-bond acceptors (Lipinski definition) is 6. The maximum absolute atomic E-state index is 12.5. The molecule has 3 rings (SSSR count). The SMILES string of the molecule is CCN=C([O-])c1ccc(-n2nnc(C(=O)NC3CC3)c2CCCOCC(F)F)cc1. The first-order chi connectivity index (χ1) is 14.5. The van der Waals surface area contributed by atoms with Crippen LogP contribution in [0.3, 0.4) is 0 Å². The number of aromatic nitrogens is 3. The van der Waals surface area contributed by atoms with Crippen LogP contribution in [0.15, 0.2) is 29.3 Å². The molecular formula is C20H24F2N5O3-. The zero-order chi connectivity index (χ0) is 21.5. The number of nitrogens with one attached hydrogen (secondary N) is 1. The molecule has 10 heteroatoms. The Kier molecular flexibility index (Phi) is 7.45. The van der Waals surface area contributed by atoms with Crippen molar-refractivity contribution < 1.29 is 23.4 Å². The van der Waals surface area contributed by atoms with Gasteiger partial charge in [0, 0.05) is 19.2 Å². The third kappa shape index (κ3) is 5.82. The molecule has 1 amide bonds. The molecule has 30 heavy (non-hydrogen) atoms. The minimum absolute atomic E-state index is 0.130. The van der Waals surface area contributed by atoms with Gasteiger partial charge in [-0.05, 0) is 56.2 Å². The molecule has 0 unspecified atom stereocenters. The average Bonchev–Trinajstić information content (AvgIpc) is 3.44. The standard InChI is InChI=1S/C20H25F2N5O3/c1-2-23-19(28)13-5-9-15(10-6-13)27-16(4-3-11-30-12-17(21)22)18(25-26-27)20(29)24-14-7-8-14/h5-6,9-10,14,17H,2-4,7-8,11-12H2,1H3,(H,23,28)(H,24,29)/p-1. The van der Waals surface area contributed by atoms with Crippen LogP contribution in [-0.2, 0) is 11.2 Å². The normalized spacial score (nSPS) is 14.3. The summed E-state index contributed by atoms with van der Waals surface area (Å²) in [4.78, 5) is 16.4. The lowest BCUT2D eigenvalue weighted by Gasteiger charge is -2.12. The van der Waals surface area contributed by atoms with Crippen LogP contribution in [0.5, 0.6) is 0 Å². The van der Waals surface area contributed by atoms with Gasteiger partial charge in [0.1, 0.15) is 6.61 Å². The first-order valence-electron chi connectivity index (χ1n) is 9.93. The Morgan fingerprint density at radius 1 is 1.37 bits per heavy atom. The summed E-state index contributed by atoms with van der Waals surface area (Å²) in [5.41, 5.74) is 1.85. The predicted octanol–water partition coefficient (Wildman–Crippen LogP) is 1.50. The summed E-state index contributed by atoms with van der Waals surface area (Å²) in [6.45, 7) is 1.70. The lowest BCUT2D eigenvalue weighted by molar-refractivity contribution is -0.213. The quantitative estimate of drug-likeness (QED) is 0.337. The Morgan fingerprint density at radius 3 is 2.73 bits per heavy atom. The molecule has 1 aliphatic carbocycles. The van der Waals surface area contributed by atoms with E-state index in [2.05, 4.69) is 20.6 Å². The first-order valence-corrected chi connectivity index (χ1v) is 9.93. The number of halogens is 2. The highest BCUT2D eigenvalue weighted by Crippen LogP contribution is 2.21. The third-order valence-electron chi connectivity index (χ3n) is 4.50. The van der Waals surface area contributed by atoms with Crippen LogP contribution >= 0.6 is 0 Å². The number of rotatable bonds is 11. The van der Waals surface area contributed by atoms with Crippen LogP contribution in [0.2, 0.25) is 0 Å². The summed E-state index contributed by atoms with van der Waals surface area (Å²) in [5.74, 6) is -0.607. The number of alkyl halides is 2. The van der Waals surface area contributed by atoms with Gasteiger partial charge in [0.2, 0.25) is 0 Å². The van der Waals surface area contributed by atoms with Gasteiger partial charge in [-0.15, -0.1) is 5.10 Å². The maximum atomic E-state index is 12.5. The van der Waals surface area contributed by atoms with E-state index < -0.39 is 13.0 Å². The number of nitrogens with zero attached hydrogens (tertiary/aromatic N) is 4. The van der Waals surface area contributed by atoms with E-state index in [9.17, 15) is 18.7 Å². The largest absolute Gasteiger partial charge is 0.858 e. The van der Waals surface area contributed by atoms with E-state index in [1.807, 2.05) is 0 Å². The number of amides is 1. The lowest BCUT2D eigenvalue weighted by atomic mass is 10.1. The van der Waals surface area contributed by atoms with Crippen molar-refractivity contribution >= 4 is 11.8 Å². The Labute approximate surface area is 173 Å². The van der Waals surface area contributed by atoms with Crippen LogP contribution in [-0.4, -0.2) is 59.0 Å². The Morgan fingerprint density at radius 2 is 2.10 bits per heavy atom. The van der Waals surface area contributed by atoms with E-state index in [4.69, 9.17) is 4.74 Å². The van der Waals surface area contributed by atoms with Crippen LogP contribution in [0.4, 0.5) is 8.78 Å². The molecule has 0 saturated heterocycles. The van der Waals surface area contributed by atoms with Crippen molar-refractivity contribution in [1.82, 2.24) is 20.3 Å². The molecule has 0 radical (unpaired) electrons. The van der Waals surface area contributed by atoms with Gasteiger partial charge >= 0.3 is 0 Å². The van der Waals surface area contributed by atoms with Gasteiger partial charge < -0.3 is 20.2 Å². The summed E-state index contributed by atoms with van der Waals surface area (Å²) >= 11 is 0. The predicted molar refractivity (Wildman–Crippen MR) is 104 cm³/mol. The fourth-order valence-electron chi connectivity index (χ4n) is 2.89. The zero-order valence-electron chi connectivity index (χ0n) is 16.7. The van der Waals surface area contributed by atoms with Crippen molar-refractivity contribution in [3.8, 4) is 5.69 Å². The van der Waals surface area contributed by atoms with Crippen molar-refractivity contribution in [3.05, 3.63) is 41.2 Å². The van der Waals surface area contributed by atoms with Gasteiger partial charge in [-0.2, -0.15) is 0 Å². The minimum Gasteiger partial charge on any atom is -0.858 e. The van der Waals surface area contributed by atoms with Gasteiger partial charge in [0.05, 0.1) is 11.4 Å². The van der Waals surface area contributed by atoms with E-state index in [0.29, 0.717) is 36.3 Å². The molecule has 2 aromatic rings. The molecular weight excluding hydrogens is 396 g/mol. The summed E-state index contributed by atoms with van der Waals surface area (Å²) < 4.78 is 30.9. The van der Waals surface area contributed by atoms with Gasteiger partial charge in [0.15, 0.2) is 5.69 Å². The molecule has 162 valence electrons. The molecule has 0 spiro atoms. The number of aliphatic imine (C=N–C) groups is 1. The van der Waals surface area contributed by atoms with Gasteiger partial charge in [-0.3, -0.25) is 4.79 Å². The highest BCUT2D eigenvalue weighted by Gasteiger charge is 2.27. The number of carbonyl (C=O) groups excluding carboxylic acids is 1. The highest BCUT2D eigenvalue weighted by molar-refractivity contribution is 5.94. The second-order valence-corrected chi connectivity index (χ2v) is 6.94. The van der Waals surface area contributed by atoms with Gasteiger partial charge in [-0.1, -0.05) is 17.3 Å². The monoisotopic (exact) mass is 420 g/mol. The molecule has 0 bridgehead atoms. The second kappa shape index (κ2) is 10.2. The molecule has 1 aliphatic rings. The molecule has 0 atom stereocenters. The molecule has 1 N–H and O–H groups in total. The third-order valence-corrected chi connectivity index (χ3v) is 4.50. The Bertz CT molecular complexity index is 879. The average molecular weight is 420 g/mol. The molecule has 8 nitrogen and oxygen atoms in total. The van der Waals surface area contributed by atoms with Crippen molar-refractivity contribution in [2.45, 2.75) is 45.1 Å². The fourth-order valence-corrected chi connectivity index (χ4v) is 2.89. The van der Waals surface area contributed by atoms with E-state index in [-0.39, 0.29) is 30.1 Å². The fraction of sp³-hybridized carbons (Fsp3) is 0.500. The van der Waals surface area contributed by atoms with E-state index in [1.54, 1.807) is 31.2 Å². The topological polar surface area (TPSA) is 104 Å². The van der Waals surface area contributed by atoms with E-state index in [1.165, 1.54) is 4.68 Å². The summed E-state index contributed by atoms with van der Waals surface area (Å²) in [7, 11) is 0. The first kappa shape index (κ1) is 21.8. The van der Waals surface area contributed by atoms with E-state index >= 15 is 0 Å². The van der Waals surface area contributed by atoms with Crippen molar-refractivity contribution in [2.24, 2.45) is 4.99 Å². The van der Waals surface area contributed by atoms with Crippen molar-refractivity contribution in [3.63, 3.8) is 0 Å². The summed E-state index contributed by atoms with van der Waals surface area (Å²) in [6, 6.07) is 6.84. The van der Waals surface area contributed by atoms with Gasteiger partial charge in [-0.25, -0.2) is 13.5 Å². The second-order valence-electron chi connectivity index (χ2n) is 6.94. The number of carbonyl (C=O) groups is 1.